The Balaban J connectivity index is 1.30. The van der Waals surface area contributed by atoms with Crippen LogP contribution in [0.5, 0.6) is 0 Å². The molecular weight excluding hydrogens is 634 g/mol. The summed E-state index contributed by atoms with van der Waals surface area (Å²) in [7, 11) is 0. The Kier molecular flexibility index (Phi) is 8.65. The maximum absolute atomic E-state index is 13.9. The zero-order valence-electron chi connectivity index (χ0n) is 25.6. The average molecular weight is 666 g/mol. The van der Waals surface area contributed by atoms with E-state index in [1.165, 1.54) is 18.3 Å². The lowest BCUT2D eigenvalue weighted by Gasteiger charge is -2.30. The Hall–Kier alpha value is -4.75. The lowest BCUT2D eigenvalue weighted by atomic mass is 9.99. The number of piperidine rings is 1. The Morgan fingerprint density at radius 3 is 2.53 bits per heavy atom. The molecule has 8 nitrogen and oxygen atoms in total. The molecule has 47 heavy (non-hydrogen) atoms. The first-order chi connectivity index (χ1) is 22.9. The number of nitrogens with one attached hydrogen (secondary N) is 2. The smallest absolute Gasteiger partial charge is 0.141 e. The van der Waals surface area contributed by atoms with Crippen LogP contribution in [0.2, 0.25) is 10.0 Å². The molecule has 0 radical (unpaired) electrons. The summed E-state index contributed by atoms with van der Waals surface area (Å²) in [6.07, 6.45) is 5.56. The van der Waals surface area contributed by atoms with Crippen molar-refractivity contribution in [2.24, 2.45) is 0 Å². The molecule has 1 atom stereocenters. The molecule has 4 aromatic carbocycles. The standard InChI is InChI=1S/C36H31Cl2FN8/c1-2-46-13-11-28(12-14-46)47-21-33(44-45-47)35(24-8-7-22-5-3-4-6-23(22)15-24)43-27-16-29-34(42-26-9-10-32(39)30(37)17-26)25(19-40)20-41-36(29)31(38)18-27/h3-10,15-18,20-21,28,35,43H,2,11-14H2,1H3,(H,41,42)/t35-/m0/s1. The van der Waals surface area contributed by atoms with Crippen LogP contribution >= 0.6 is 23.2 Å². The average Bonchev–Trinajstić information content (AvgIpc) is 3.59. The van der Waals surface area contributed by atoms with Crippen LogP contribution in [0.25, 0.3) is 21.7 Å². The van der Waals surface area contributed by atoms with Crippen LogP contribution in [0, 0.1) is 17.1 Å². The number of hydrogen-bond acceptors (Lipinski definition) is 7. The van der Waals surface area contributed by atoms with Crippen LogP contribution in [-0.4, -0.2) is 44.5 Å². The van der Waals surface area contributed by atoms with E-state index in [1.54, 1.807) is 6.07 Å². The zero-order chi connectivity index (χ0) is 32.5. The van der Waals surface area contributed by atoms with Crippen LogP contribution in [0.15, 0.2) is 85.2 Å². The van der Waals surface area contributed by atoms with Crippen molar-refractivity contribution >= 4 is 61.9 Å². The van der Waals surface area contributed by atoms with Crippen LogP contribution in [0.4, 0.5) is 21.5 Å². The van der Waals surface area contributed by atoms with Gasteiger partial charge in [-0.05, 0) is 72.1 Å². The first-order valence-electron chi connectivity index (χ1n) is 15.5. The van der Waals surface area contributed by atoms with Crippen molar-refractivity contribution in [2.45, 2.75) is 31.8 Å². The summed E-state index contributed by atoms with van der Waals surface area (Å²) >= 11 is 12.9. The Morgan fingerprint density at radius 2 is 1.77 bits per heavy atom. The first kappa shape index (κ1) is 30.9. The normalized spacial score (nSPS) is 14.7. The summed E-state index contributed by atoms with van der Waals surface area (Å²) in [4.78, 5) is 6.94. The second-order valence-corrected chi connectivity index (χ2v) is 12.6. The highest BCUT2D eigenvalue weighted by molar-refractivity contribution is 6.36. The SMILES string of the molecule is CCN1CCC(n2cc([C@@H](Nc3cc(Cl)c4ncc(C#N)c(Nc5ccc(F)c(Cl)c5)c4c3)c3ccc4ccccc4c3)nn2)CC1. The van der Waals surface area contributed by atoms with Crippen molar-refractivity contribution in [3.05, 3.63) is 118 Å². The number of fused-ring (bicyclic) bond motifs is 2. The lowest BCUT2D eigenvalue weighted by Crippen LogP contribution is -2.34. The summed E-state index contributed by atoms with van der Waals surface area (Å²) in [5, 5.41) is 29.4. The van der Waals surface area contributed by atoms with E-state index < -0.39 is 5.82 Å². The fraction of sp³-hybridized carbons (Fsp3) is 0.222. The number of nitrogens with zero attached hydrogens (tertiary/aromatic N) is 6. The molecule has 0 saturated carbocycles. The number of aromatic nitrogens is 4. The molecular formula is C36H31Cl2FN8. The van der Waals surface area contributed by atoms with Gasteiger partial charge in [-0.3, -0.25) is 4.98 Å². The predicted octanol–water partition coefficient (Wildman–Crippen LogP) is 8.90. The molecule has 2 aromatic heterocycles. The first-order valence-corrected chi connectivity index (χ1v) is 16.3. The van der Waals surface area contributed by atoms with E-state index in [4.69, 9.17) is 23.2 Å². The van der Waals surface area contributed by atoms with Gasteiger partial charge in [-0.15, -0.1) is 5.10 Å². The van der Waals surface area contributed by atoms with Gasteiger partial charge in [0.2, 0.25) is 0 Å². The van der Waals surface area contributed by atoms with Crippen molar-refractivity contribution in [3.8, 4) is 6.07 Å². The van der Waals surface area contributed by atoms with Gasteiger partial charge in [0.15, 0.2) is 0 Å². The number of benzene rings is 4. The maximum atomic E-state index is 13.9. The number of halogens is 3. The minimum atomic E-state index is -0.532. The third-order valence-corrected chi connectivity index (χ3v) is 9.43. The van der Waals surface area contributed by atoms with Crippen LogP contribution in [0.1, 0.15) is 48.7 Å². The Morgan fingerprint density at radius 1 is 0.979 bits per heavy atom. The van der Waals surface area contributed by atoms with Gasteiger partial charge in [0.1, 0.15) is 17.6 Å². The van der Waals surface area contributed by atoms with Gasteiger partial charge in [-0.1, -0.05) is 71.7 Å². The molecule has 0 bridgehead atoms. The monoisotopic (exact) mass is 664 g/mol. The van der Waals surface area contributed by atoms with E-state index in [0.717, 1.165) is 54.5 Å². The van der Waals surface area contributed by atoms with Gasteiger partial charge in [0.25, 0.3) is 0 Å². The van der Waals surface area contributed by atoms with Gasteiger partial charge >= 0.3 is 0 Å². The van der Waals surface area contributed by atoms with Gasteiger partial charge in [-0.2, -0.15) is 5.26 Å². The highest BCUT2D eigenvalue weighted by Gasteiger charge is 2.25. The minimum absolute atomic E-state index is 0.0329. The summed E-state index contributed by atoms with van der Waals surface area (Å²) in [5.74, 6) is -0.532. The topological polar surface area (TPSA) is 94.7 Å². The zero-order valence-corrected chi connectivity index (χ0v) is 27.1. The molecule has 0 unspecified atom stereocenters. The molecule has 7 rings (SSSR count). The van der Waals surface area contributed by atoms with Crippen LogP contribution in [-0.2, 0) is 0 Å². The van der Waals surface area contributed by atoms with Crippen LogP contribution in [0.3, 0.4) is 0 Å². The molecule has 1 fully saturated rings. The molecule has 6 aromatic rings. The van der Waals surface area contributed by atoms with E-state index in [1.807, 2.05) is 35.1 Å². The van der Waals surface area contributed by atoms with E-state index >= 15 is 0 Å². The third kappa shape index (κ3) is 6.32. The number of anilines is 3. The summed E-state index contributed by atoms with van der Waals surface area (Å²) in [6, 6.07) is 24.8. The van der Waals surface area contributed by atoms with E-state index in [2.05, 4.69) is 74.2 Å². The molecule has 1 saturated heterocycles. The molecule has 1 aliphatic rings. The predicted molar refractivity (Wildman–Crippen MR) is 186 cm³/mol. The van der Waals surface area contributed by atoms with Crippen molar-refractivity contribution in [1.82, 2.24) is 24.9 Å². The van der Waals surface area contributed by atoms with E-state index in [-0.39, 0.29) is 17.1 Å². The Labute approximate surface area is 281 Å². The minimum Gasteiger partial charge on any atom is -0.373 e. The van der Waals surface area contributed by atoms with Crippen molar-refractivity contribution < 1.29 is 4.39 Å². The second kappa shape index (κ2) is 13.2. The highest BCUT2D eigenvalue weighted by atomic mass is 35.5. The molecule has 236 valence electrons. The van der Waals surface area contributed by atoms with Gasteiger partial charge < -0.3 is 15.5 Å². The number of likely N-dealkylation sites (tertiary alicyclic amines) is 1. The summed E-state index contributed by atoms with van der Waals surface area (Å²) in [6.45, 7) is 5.33. The number of hydrogen-bond donors (Lipinski definition) is 2. The van der Waals surface area contributed by atoms with Crippen molar-refractivity contribution in [3.63, 3.8) is 0 Å². The molecule has 1 aliphatic heterocycles. The number of pyridine rings is 1. The fourth-order valence-electron chi connectivity index (χ4n) is 6.26. The summed E-state index contributed by atoms with van der Waals surface area (Å²) < 4.78 is 15.9. The largest absolute Gasteiger partial charge is 0.373 e. The molecule has 0 spiro atoms. The maximum Gasteiger partial charge on any atom is 0.141 e. The Bertz CT molecular complexity index is 2130. The quantitative estimate of drug-likeness (QED) is 0.168. The molecule has 3 heterocycles. The fourth-order valence-corrected chi connectivity index (χ4v) is 6.71. The van der Waals surface area contributed by atoms with Crippen molar-refractivity contribution in [1.29, 1.82) is 5.26 Å². The van der Waals surface area contributed by atoms with E-state index in [0.29, 0.717) is 38.6 Å². The van der Waals surface area contributed by atoms with Crippen molar-refractivity contribution in [2.75, 3.05) is 30.3 Å². The lowest BCUT2D eigenvalue weighted by molar-refractivity contribution is 0.186. The highest BCUT2D eigenvalue weighted by Crippen LogP contribution is 2.37. The molecule has 11 heteroatoms. The number of nitriles is 1. The van der Waals surface area contributed by atoms with Gasteiger partial charge in [-0.25, -0.2) is 9.07 Å². The number of rotatable bonds is 8. The second-order valence-electron chi connectivity index (χ2n) is 11.7. The van der Waals surface area contributed by atoms with E-state index in [9.17, 15) is 9.65 Å². The molecule has 0 aliphatic carbocycles. The molecule has 0 amide bonds. The van der Waals surface area contributed by atoms with Gasteiger partial charge in [0, 0.05) is 36.0 Å². The molecule has 2 N–H and O–H groups in total. The van der Waals surface area contributed by atoms with Crippen LogP contribution < -0.4 is 10.6 Å². The summed E-state index contributed by atoms with van der Waals surface area (Å²) in [5.41, 5.74) is 4.30. The third-order valence-electron chi connectivity index (χ3n) is 8.85. The van der Waals surface area contributed by atoms with Gasteiger partial charge in [0.05, 0.1) is 45.1 Å².